The van der Waals surface area contributed by atoms with Crippen molar-refractivity contribution in [2.45, 2.75) is 50.6 Å². The van der Waals surface area contributed by atoms with E-state index in [9.17, 15) is 9.90 Å². The molecule has 1 atom stereocenters. The molecule has 0 radical (unpaired) electrons. The number of aliphatic carboxylic acids is 1. The van der Waals surface area contributed by atoms with Gasteiger partial charge in [0, 0.05) is 6.04 Å². The number of rotatable bonds is 3. The number of carboxylic acid groups (broad SMARTS) is 1. The molecule has 1 N–H and O–H groups in total. The summed E-state index contributed by atoms with van der Waals surface area (Å²) in [5.74, 6) is 1.78. The summed E-state index contributed by atoms with van der Waals surface area (Å²) in [6.45, 7) is 3.00. The molecule has 2 aliphatic rings. The van der Waals surface area contributed by atoms with E-state index in [1.54, 1.807) is 0 Å². The number of thioether (sulfide) groups is 1. The Bertz CT molecular complexity index is 266. The minimum Gasteiger partial charge on any atom is -0.480 e. The van der Waals surface area contributed by atoms with Gasteiger partial charge in [-0.3, -0.25) is 9.69 Å². The third-order valence-electron chi connectivity index (χ3n) is 4.15. The minimum absolute atomic E-state index is 0.514. The van der Waals surface area contributed by atoms with Gasteiger partial charge in [-0.1, -0.05) is 6.92 Å². The van der Waals surface area contributed by atoms with Crippen molar-refractivity contribution in [2.75, 3.05) is 18.1 Å². The van der Waals surface area contributed by atoms with E-state index in [1.165, 1.54) is 24.3 Å². The van der Waals surface area contributed by atoms with Crippen molar-refractivity contribution in [3.8, 4) is 0 Å². The molecule has 0 aromatic heterocycles. The molecule has 0 amide bonds. The van der Waals surface area contributed by atoms with E-state index in [-0.39, 0.29) is 0 Å². The van der Waals surface area contributed by atoms with E-state index in [0.717, 1.165) is 25.8 Å². The average Bonchev–Trinajstić information content (AvgIpc) is 2.75. The molecule has 4 heteroatoms. The van der Waals surface area contributed by atoms with E-state index in [1.807, 2.05) is 18.7 Å². The summed E-state index contributed by atoms with van der Waals surface area (Å²) in [6, 6.07) is 0.514. The third kappa shape index (κ3) is 1.97. The summed E-state index contributed by atoms with van der Waals surface area (Å²) >= 11 is 2.00. The lowest BCUT2D eigenvalue weighted by Gasteiger charge is -2.41. The highest BCUT2D eigenvalue weighted by Crippen LogP contribution is 2.37. The van der Waals surface area contributed by atoms with Crippen LogP contribution in [0.4, 0.5) is 0 Å². The van der Waals surface area contributed by atoms with Crippen LogP contribution in [0.1, 0.15) is 39.0 Å². The van der Waals surface area contributed by atoms with Crippen LogP contribution in [0.15, 0.2) is 0 Å². The molecule has 2 fully saturated rings. The summed E-state index contributed by atoms with van der Waals surface area (Å²) in [6.07, 6.45) is 4.96. The van der Waals surface area contributed by atoms with Crippen molar-refractivity contribution in [1.29, 1.82) is 0 Å². The van der Waals surface area contributed by atoms with Gasteiger partial charge in [0.25, 0.3) is 0 Å². The molecule has 0 bridgehead atoms. The smallest absolute Gasteiger partial charge is 0.324 e. The van der Waals surface area contributed by atoms with Crippen LogP contribution in [-0.2, 0) is 4.79 Å². The van der Waals surface area contributed by atoms with Crippen molar-refractivity contribution >= 4 is 17.7 Å². The number of carboxylic acids is 1. The molecular weight excluding hydrogens is 222 g/mol. The Hall–Kier alpha value is -0.220. The van der Waals surface area contributed by atoms with Gasteiger partial charge in [-0.25, -0.2) is 0 Å². The highest BCUT2D eigenvalue weighted by molar-refractivity contribution is 7.99. The fourth-order valence-electron chi connectivity index (χ4n) is 3.19. The van der Waals surface area contributed by atoms with Crippen LogP contribution in [0.3, 0.4) is 0 Å². The second kappa shape index (κ2) is 4.96. The maximum absolute atomic E-state index is 11.6. The van der Waals surface area contributed by atoms with E-state index in [0.29, 0.717) is 6.04 Å². The van der Waals surface area contributed by atoms with Crippen molar-refractivity contribution in [3.63, 3.8) is 0 Å². The molecule has 0 aromatic rings. The monoisotopic (exact) mass is 243 g/mol. The maximum atomic E-state index is 11.6. The quantitative estimate of drug-likeness (QED) is 0.825. The van der Waals surface area contributed by atoms with E-state index >= 15 is 0 Å². The van der Waals surface area contributed by atoms with Gasteiger partial charge in [0.05, 0.1) is 0 Å². The molecule has 2 aliphatic heterocycles. The van der Waals surface area contributed by atoms with Gasteiger partial charge in [-0.15, -0.1) is 0 Å². The lowest BCUT2D eigenvalue weighted by atomic mass is 9.91. The Balaban J connectivity index is 2.14. The normalized spacial score (nSPS) is 33.1. The first kappa shape index (κ1) is 12.2. The molecule has 0 aliphatic carbocycles. The number of hydrogen-bond acceptors (Lipinski definition) is 3. The number of likely N-dealkylation sites (tertiary alicyclic amines) is 1. The standard InChI is InChI=1S/C12H21NO2S/c1-2-12(11(14)15)6-3-7-13(12)10-4-8-16-9-5-10/h10H,2-9H2,1H3,(H,14,15). The van der Waals surface area contributed by atoms with Crippen LogP contribution >= 0.6 is 11.8 Å². The van der Waals surface area contributed by atoms with Crippen molar-refractivity contribution < 1.29 is 9.90 Å². The highest BCUT2D eigenvalue weighted by Gasteiger charge is 2.48. The molecule has 2 saturated heterocycles. The van der Waals surface area contributed by atoms with Gasteiger partial charge in [-0.05, 0) is 50.2 Å². The van der Waals surface area contributed by atoms with Crippen LogP contribution in [-0.4, -0.2) is 45.6 Å². The summed E-state index contributed by atoms with van der Waals surface area (Å²) in [4.78, 5) is 13.9. The van der Waals surface area contributed by atoms with Gasteiger partial charge in [0.2, 0.25) is 0 Å². The topological polar surface area (TPSA) is 40.5 Å². The lowest BCUT2D eigenvalue weighted by Crippen LogP contribution is -2.55. The van der Waals surface area contributed by atoms with Crippen LogP contribution in [0.5, 0.6) is 0 Å². The fourth-order valence-corrected chi connectivity index (χ4v) is 4.27. The zero-order valence-corrected chi connectivity index (χ0v) is 10.8. The van der Waals surface area contributed by atoms with Crippen molar-refractivity contribution in [3.05, 3.63) is 0 Å². The van der Waals surface area contributed by atoms with Crippen LogP contribution in [0, 0.1) is 0 Å². The summed E-state index contributed by atoms with van der Waals surface area (Å²) in [7, 11) is 0. The SMILES string of the molecule is CCC1(C(=O)O)CCCN1C1CCSCC1. The van der Waals surface area contributed by atoms with Crippen molar-refractivity contribution in [1.82, 2.24) is 4.90 Å². The third-order valence-corrected chi connectivity index (χ3v) is 5.20. The molecule has 3 nitrogen and oxygen atoms in total. The first-order valence-electron chi connectivity index (χ1n) is 6.28. The van der Waals surface area contributed by atoms with E-state index in [2.05, 4.69) is 4.90 Å². The Labute approximate surface area is 102 Å². The zero-order valence-electron chi connectivity index (χ0n) is 9.95. The zero-order chi connectivity index (χ0) is 11.6. The molecule has 2 heterocycles. The van der Waals surface area contributed by atoms with Crippen LogP contribution in [0.25, 0.3) is 0 Å². The maximum Gasteiger partial charge on any atom is 0.324 e. The first-order chi connectivity index (χ1) is 7.70. The first-order valence-corrected chi connectivity index (χ1v) is 7.44. The predicted molar refractivity (Wildman–Crippen MR) is 66.9 cm³/mol. The molecule has 1 unspecified atom stereocenters. The molecule has 2 rings (SSSR count). The van der Waals surface area contributed by atoms with Gasteiger partial charge in [-0.2, -0.15) is 11.8 Å². The Kier molecular flexibility index (Phi) is 3.80. The molecule has 0 aromatic carbocycles. The lowest BCUT2D eigenvalue weighted by molar-refractivity contribution is -0.151. The number of nitrogens with zero attached hydrogens (tertiary/aromatic N) is 1. The summed E-state index contributed by atoms with van der Waals surface area (Å²) in [5.41, 5.74) is -0.549. The highest BCUT2D eigenvalue weighted by atomic mass is 32.2. The predicted octanol–water partition coefficient (Wildman–Crippen LogP) is 2.21. The molecule has 0 saturated carbocycles. The molecular formula is C12H21NO2S. The molecule has 16 heavy (non-hydrogen) atoms. The molecule has 0 spiro atoms. The number of hydrogen-bond donors (Lipinski definition) is 1. The fraction of sp³-hybridized carbons (Fsp3) is 0.917. The minimum atomic E-state index is -0.606. The second-order valence-electron chi connectivity index (χ2n) is 4.83. The van der Waals surface area contributed by atoms with Gasteiger partial charge in [0.15, 0.2) is 0 Å². The molecule has 92 valence electrons. The van der Waals surface area contributed by atoms with Crippen molar-refractivity contribution in [2.24, 2.45) is 0 Å². The summed E-state index contributed by atoms with van der Waals surface area (Å²) in [5, 5.41) is 9.52. The largest absolute Gasteiger partial charge is 0.480 e. The Morgan fingerprint density at radius 3 is 2.75 bits per heavy atom. The van der Waals surface area contributed by atoms with Gasteiger partial charge < -0.3 is 5.11 Å². The number of carbonyl (C=O) groups is 1. The Morgan fingerprint density at radius 1 is 1.50 bits per heavy atom. The Morgan fingerprint density at radius 2 is 2.19 bits per heavy atom. The van der Waals surface area contributed by atoms with Crippen LogP contribution < -0.4 is 0 Å². The second-order valence-corrected chi connectivity index (χ2v) is 6.06. The van der Waals surface area contributed by atoms with Crippen LogP contribution in [0.2, 0.25) is 0 Å². The van der Waals surface area contributed by atoms with E-state index < -0.39 is 11.5 Å². The van der Waals surface area contributed by atoms with Gasteiger partial charge in [0.1, 0.15) is 5.54 Å². The average molecular weight is 243 g/mol. The summed E-state index contributed by atoms with van der Waals surface area (Å²) < 4.78 is 0. The van der Waals surface area contributed by atoms with E-state index in [4.69, 9.17) is 0 Å². The van der Waals surface area contributed by atoms with Gasteiger partial charge >= 0.3 is 5.97 Å².